The number of hydrogen-bond donors (Lipinski definition) is 2. The van der Waals surface area contributed by atoms with E-state index in [0.29, 0.717) is 18.4 Å². The van der Waals surface area contributed by atoms with Gasteiger partial charge in [0.25, 0.3) is 0 Å². The molecule has 0 saturated heterocycles. The Hall–Kier alpha value is -2.48. The largest absolute Gasteiger partial charge is 0.508 e. The maximum Gasteiger partial charge on any atom is 0.119 e. The summed E-state index contributed by atoms with van der Waals surface area (Å²) in [5, 5.41) is 19.9. The molecule has 0 fully saturated rings. The number of aliphatic hydroxyl groups excluding tert-OH is 1. The highest BCUT2D eigenvalue weighted by atomic mass is 16.3. The second-order valence-corrected chi connectivity index (χ2v) is 6.46. The highest BCUT2D eigenvalue weighted by Gasteiger charge is 2.23. The zero-order valence-electron chi connectivity index (χ0n) is 15.0. The van der Waals surface area contributed by atoms with Crippen molar-refractivity contribution in [3.63, 3.8) is 0 Å². The van der Waals surface area contributed by atoms with Crippen LogP contribution in [0.3, 0.4) is 0 Å². The lowest BCUT2D eigenvalue weighted by Gasteiger charge is -2.27. The molecule has 0 radical (unpaired) electrons. The lowest BCUT2D eigenvalue weighted by Crippen LogP contribution is -2.19. The molecule has 0 saturated carbocycles. The minimum atomic E-state index is -0.236. The summed E-state index contributed by atoms with van der Waals surface area (Å²) in [5.74, 6) is 0.456. The fourth-order valence-electron chi connectivity index (χ4n) is 2.33. The Labute approximate surface area is 145 Å². The van der Waals surface area contributed by atoms with Gasteiger partial charge in [0.2, 0.25) is 0 Å². The third-order valence-corrected chi connectivity index (χ3v) is 4.40. The molecule has 0 amide bonds. The van der Waals surface area contributed by atoms with Crippen LogP contribution in [0.1, 0.15) is 38.3 Å². The van der Waals surface area contributed by atoms with Gasteiger partial charge in [0.1, 0.15) is 11.5 Å². The topological polar surface area (TPSA) is 40.5 Å². The van der Waals surface area contributed by atoms with Crippen molar-refractivity contribution in [2.24, 2.45) is 0 Å². The SMILES string of the molecule is C=CCC(=C)/C(O)=C\C=C(/C)C(C)(C)c1ccc(O)c(CC=C)c1. The first-order chi connectivity index (χ1) is 11.2. The molecule has 0 bridgehead atoms. The molecule has 24 heavy (non-hydrogen) atoms. The van der Waals surface area contributed by atoms with E-state index in [1.165, 1.54) is 0 Å². The van der Waals surface area contributed by atoms with Crippen molar-refractivity contribution in [3.05, 3.63) is 90.3 Å². The Morgan fingerprint density at radius 2 is 1.83 bits per heavy atom. The van der Waals surface area contributed by atoms with Crippen molar-refractivity contribution in [3.8, 4) is 5.75 Å². The molecular weight excluding hydrogens is 296 g/mol. The molecule has 128 valence electrons. The first kappa shape index (κ1) is 19.6. The monoisotopic (exact) mass is 324 g/mol. The van der Waals surface area contributed by atoms with Crippen molar-refractivity contribution >= 4 is 0 Å². The Bertz CT molecular complexity index is 688. The van der Waals surface area contributed by atoms with Gasteiger partial charge >= 0.3 is 0 Å². The molecule has 2 N–H and O–H groups in total. The summed E-state index contributed by atoms with van der Waals surface area (Å²) in [6.45, 7) is 17.5. The van der Waals surface area contributed by atoms with E-state index in [4.69, 9.17) is 0 Å². The summed E-state index contributed by atoms with van der Waals surface area (Å²) >= 11 is 0. The molecule has 2 nitrogen and oxygen atoms in total. The summed E-state index contributed by atoms with van der Waals surface area (Å²) in [5.41, 5.74) is 3.46. The van der Waals surface area contributed by atoms with Gasteiger partial charge in [-0.3, -0.25) is 0 Å². The van der Waals surface area contributed by atoms with Crippen LogP contribution in [0.15, 0.2) is 79.1 Å². The Morgan fingerprint density at radius 1 is 1.17 bits per heavy atom. The number of phenolic OH excluding ortho intramolecular Hbond substituents is 1. The van der Waals surface area contributed by atoms with Gasteiger partial charge in [0, 0.05) is 5.41 Å². The van der Waals surface area contributed by atoms with Crippen molar-refractivity contribution < 1.29 is 10.2 Å². The second-order valence-electron chi connectivity index (χ2n) is 6.46. The Kier molecular flexibility index (Phi) is 6.84. The molecule has 0 unspecified atom stereocenters. The minimum Gasteiger partial charge on any atom is -0.508 e. The van der Waals surface area contributed by atoms with Crippen LogP contribution < -0.4 is 0 Å². The van der Waals surface area contributed by atoms with E-state index in [0.717, 1.165) is 16.7 Å². The number of aromatic hydroxyl groups is 1. The van der Waals surface area contributed by atoms with Gasteiger partial charge in [0.05, 0.1) is 0 Å². The van der Waals surface area contributed by atoms with Crippen LogP contribution in [0.25, 0.3) is 0 Å². The molecule has 2 heteroatoms. The average Bonchev–Trinajstić information content (AvgIpc) is 2.54. The Balaban J connectivity index is 3.14. The van der Waals surface area contributed by atoms with E-state index in [2.05, 4.69) is 33.6 Å². The molecule has 0 aliphatic heterocycles. The molecule has 1 rings (SSSR count). The van der Waals surface area contributed by atoms with Gasteiger partial charge in [-0.1, -0.05) is 56.4 Å². The second kappa shape index (κ2) is 8.39. The van der Waals surface area contributed by atoms with Crippen LogP contribution in [-0.4, -0.2) is 10.2 Å². The number of phenols is 1. The predicted octanol–water partition coefficient (Wildman–Crippen LogP) is 5.92. The average molecular weight is 324 g/mol. The zero-order valence-corrected chi connectivity index (χ0v) is 15.0. The van der Waals surface area contributed by atoms with Crippen LogP contribution in [-0.2, 0) is 11.8 Å². The van der Waals surface area contributed by atoms with E-state index in [-0.39, 0.29) is 16.9 Å². The highest BCUT2D eigenvalue weighted by molar-refractivity contribution is 5.44. The van der Waals surface area contributed by atoms with E-state index < -0.39 is 0 Å². The summed E-state index contributed by atoms with van der Waals surface area (Å²) in [6, 6.07) is 5.66. The van der Waals surface area contributed by atoms with Crippen LogP contribution >= 0.6 is 0 Å². The van der Waals surface area contributed by atoms with Gasteiger partial charge in [-0.25, -0.2) is 0 Å². The number of allylic oxidation sites excluding steroid dienone is 6. The summed E-state index contributed by atoms with van der Waals surface area (Å²) in [4.78, 5) is 0. The van der Waals surface area contributed by atoms with Crippen molar-refractivity contribution in [2.75, 3.05) is 0 Å². The first-order valence-corrected chi connectivity index (χ1v) is 8.04. The maximum atomic E-state index is 10.0. The van der Waals surface area contributed by atoms with Crippen LogP contribution in [0.2, 0.25) is 0 Å². The lowest BCUT2D eigenvalue weighted by molar-refractivity contribution is 0.422. The van der Waals surface area contributed by atoms with Crippen LogP contribution in [0.5, 0.6) is 5.75 Å². The number of benzene rings is 1. The predicted molar refractivity (Wildman–Crippen MR) is 103 cm³/mol. The number of hydrogen-bond acceptors (Lipinski definition) is 2. The minimum absolute atomic E-state index is 0.170. The van der Waals surface area contributed by atoms with E-state index in [1.807, 2.05) is 25.1 Å². The molecule has 0 aromatic heterocycles. The smallest absolute Gasteiger partial charge is 0.119 e. The maximum absolute atomic E-state index is 10.0. The molecule has 0 heterocycles. The van der Waals surface area contributed by atoms with Gasteiger partial charge in [-0.2, -0.15) is 0 Å². The van der Waals surface area contributed by atoms with E-state index >= 15 is 0 Å². The lowest BCUT2D eigenvalue weighted by atomic mass is 9.77. The van der Waals surface area contributed by atoms with Crippen LogP contribution in [0.4, 0.5) is 0 Å². The van der Waals surface area contributed by atoms with Gasteiger partial charge in [0.15, 0.2) is 0 Å². The van der Waals surface area contributed by atoms with E-state index in [1.54, 1.807) is 24.3 Å². The summed E-state index contributed by atoms with van der Waals surface area (Å²) < 4.78 is 0. The molecule has 0 aliphatic rings. The first-order valence-electron chi connectivity index (χ1n) is 8.04. The summed E-state index contributed by atoms with van der Waals surface area (Å²) in [7, 11) is 0. The molecule has 1 aromatic rings. The number of aliphatic hydroxyl groups is 1. The van der Waals surface area contributed by atoms with Gasteiger partial charge in [-0.15, -0.1) is 13.2 Å². The quantitative estimate of drug-likeness (QED) is 0.354. The van der Waals surface area contributed by atoms with Crippen molar-refractivity contribution in [1.29, 1.82) is 0 Å². The highest BCUT2D eigenvalue weighted by Crippen LogP contribution is 2.34. The molecule has 0 aliphatic carbocycles. The molecular formula is C22H28O2. The molecule has 0 spiro atoms. The van der Waals surface area contributed by atoms with Gasteiger partial charge < -0.3 is 10.2 Å². The van der Waals surface area contributed by atoms with E-state index in [9.17, 15) is 10.2 Å². The normalized spacial score (nSPS) is 12.8. The molecule has 0 atom stereocenters. The molecule has 1 aromatic carbocycles. The number of rotatable bonds is 8. The third-order valence-electron chi connectivity index (χ3n) is 4.40. The van der Waals surface area contributed by atoms with Crippen molar-refractivity contribution in [2.45, 2.75) is 39.0 Å². The Morgan fingerprint density at radius 3 is 2.42 bits per heavy atom. The zero-order chi connectivity index (χ0) is 18.3. The fraction of sp³-hybridized carbons (Fsp3) is 0.273. The standard InChI is InChI=1S/C22H28O2/c1-7-9-16(3)20(23)13-11-17(4)22(5,6)19-12-14-21(24)18(15-19)10-8-2/h7-8,11-15,23-24H,1-3,9-10H2,4-6H3/b17-11+,20-13+. The summed E-state index contributed by atoms with van der Waals surface area (Å²) in [6.07, 6.45) is 8.25. The third kappa shape index (κ3) is 4.76. The van der Waals surface area contributed by atoms with Crippen molar-refractivity contribution in [1.82, 2.24) is 0 Å². The fourth-order valence-corrected chi connectivity index (χ4v) is 2.33. The van der Waals surface area contributed by atoms with Crippen LogP contribution in [0, 0.1) is 0 Å². The van der Waals surface area contributed by atoms with Gasteiger partial charge in [-0.05, 0) is 48.6 Å².